The molecule has 0 heterocycles. The quantitative estimate of drug-likeness (QED) is 0.350. The first-order chi connectivity index (χ1) is 17.0. The fraction of sp³-hybridized carbons (Fsp3) is 0.615. The lowest BCUT2D eigenvalue weighted by Crippen LogP contribution is -2.49. The van der Waals surface area contributed by atoms with Gasteiger partial charge in [0.15, 0.2) is 6.04 Å². The Morgan fingerprint density at radius 2 is 1.69 bits per heavy atom. The molecular weight excluding hydrogens is 482 g/mol. The average Bonchev–Trinajstić information content (AvgIpc) is 2.83. The van der Waals surface area contributed by atoms with Crippen molar-refractivity contribution < 1.29 is 29.0 Å². The summed E-state index contributed by atoms with van der Waals surface area (Å²) in [5.41, 5.74) is -0.119. The predicted molar refractivity (Wildman–Crippen MR) is 140 cm³/mol. The third kappa shape index (κ3) is 10.1. The van der Waals surface area contributed by atoms with E-state index in [-0.39, 0.29) is 23.7 Å². The van der Waals surface area contributed by atoms with Gasteiger partial charge in [-0.05, 0) is 76.4 Å². The van der Waals surface area contributed by atoms with E-state index >= 15 is 0 Å². The summed E-state index contributed by atoms with van der Waals surface area (Å²) in [6.45, 7) is 5.76. The molecule has 0 radical (unpaired) electrons. The number of thioether (sulfide) groups is 1. The van der Waals surface area contributed by atoms with Gasteiger partial charge in [0.2, 0.25) is 11.8 Å². The Labute approximate surface area is 217 Å². The normalized spacial score (nSPS) is 19.4. The number of carboxylic acids is 1. The molecule has 1 aliphatic rings. The number of ether oxygens (including phenoxy) is 1. The molecule has 1 fully saturated rings. The summed E-state index contributed by atoms with van der Waals surface area (Å²) < 4.78 is 5.29. The number of benzene rings is 1. The number of hydrogen-bond donors (Lipinski definition) is 4. The van der Waals surface area contributed by atoms with Gasteiger partial charge in [-0.15, -0.1) is 0 Å². The van der Waals surface area contributed by atoms with Crippen molar-refractivity contribution in [3.8, 4) is 0 Å². The van der Waals surface area contributed by atoms with Gasteiger partial charge in [-0.1, -0.05) is 30.3 Å². The molecule has 2 unspecified atom stereocenters. The highest BCUT2D eigenvalue weighted by atomic mass is 32.2. The summed E-state index contributed by atoms with van der Waals surface area (Å²) in [5.74, 6) is -0.929. The molecule has 9 nitrogen and oxygen atoms in total. The van der Waals surface area contributed by atoms with Crippen molar-refractivity contribution in [2.45, 2.75) is 70.6 Å². The monoisotopic (exact) mass is 521 g/mol. The molecule has 1 aromatic rings. The van der Waals surface area contributed by atoms with Gasteiger partial charge >= 0.3 is 12.1 Å². The third-order valence-electron chi connectivity index (χ3n) is 6.07. The molecule has 200 valence electrons. The molecule has 1 saturated carbocycles. The molecule has 0 spiro atoms. The standard InChI is InChI=1S/C26H39N3O6S/c1-26(2,3)35-25(34)28-20(14-15-36-4)23(31)27-16-17-10-12-19(13-11-17)22(30)29-21(24(32)33)18-8-6-5-7-9-18/h5-9,17,19-21H,10-16H2,1-4H3,(H,27,31)(H,28,34)(H,29,30)(H,32,33). The van der Waals surface area contributed by atoms with Crippen molar-refractivity contribution in [3.05, 3.63) is 35.9 Å². The second-order valence-corrected chi connectivity index (χ2v) is 11.1. The van der Waals surface area contributed by atoms with E-state index in [0.717, 1.165) is 12.8 Å². The average molecular weight is 522 g/mol. The summed E-state index contributed by atoms with van der Waals surface area (Å²) >= 11 is 1.59. The zero-order valence-corrected chi connectivity index (χ0v) is 22.4. The Kier molecular flexibility index (Phi) is 11.6. The summed E-state index contributed by atoms with van der Waals surface area (Å²) in [7, 11) is 0. The molecule has 0 saturated heterocycles. The summed E-state index contributed by atoms with van der Waals surface area (Å²) in [4.78, 5) is 49.4. The smallest absolute Gasteiger partial charge is 0.408 e. The molecule has 2 atom stereocenters. The number of amides is 3. The lowest BCUT2D eigenvalue weighted by molar-refractivity contribution is -0.143. The van der Waals surface area contributed by atoms with Crippen LogP contribution in [-0.2, 0) is 19.1 Å². The highest BCUT2D eigenvalue weighted by Crippen LogP contribution is 2.29. The molecular formula is C26H39N3O6S. The number of carbonyl (C=O) groups excluding carboxylic acids is 3. The summed E-state index contributed by atoms with van der Waals surface area (Å²) in [6, 6.07) is 6.89. The van der Waals surface area contributed by atoms with Crippen molar-refractivity contribution in [1.29, 1.82) is 0 Å². The lowest BCUT2D eigenvalue weighted by atomic mass is 9.81. The van der Waals surface area contributed by atoms with Gasteiger partial charge < -0.3 is 25.8 Å². The molecule has 0 aliphatic heterocycles. The van der Waals surface area contributed by atoms with Crippen LogP contribution in [0.25, 0.3) is 0 Å². The summed E-state index contributed by atoms with van der Waals surface area (Å²) in [5, 5.41) is 17.8. The zero-order chi connectivity index (χ0) is 26.7. The van der Waals surface area contributed by atoms with Gasteiger partial charge in [0.25, 0.3) is 0 Å². The van der Waals surface area contributed by atoms with Crippen LogP contribution in [-0.4, -0.2) is 59.2 Å². The topological polar surface area (TPSA) is 134 Å². The first kappa shape index (κ1) is 29.5. The molecule has 10 heteroatoms. The van der Waals surface area contributed by atoms with E-state index in [2.05, 4.69) is 16.0 Å². The highest BCUT2D eigenvalue weighted by Gasteiger charge is 2.31. The van der Waals surface area contributed by atoms with Crippen molar-refractivity contribution in [1.82, 2.24) is 16.0 Å². The van der Waals surface area contributed by atoms with Crippen molar-refractivity contribution in [3.63, 3.8) is 0 Å². The Bertz CT molecular complexity index is 881. The zero-order valence-electron chi connectivity index (χ0n) is 21.5. The lowest BCUT2D eigenvalue weighted by Gasteiger charge is -2.29. The molecule has 0 bridgehead atoms. The Morgan fingerprint density at radius 1 is 1.06 bits per heavy atom. The minimum Gasteiger partial charge on any atom is -0.479 e. The van der Waals surface area contributed by atoms with Crippen LogP contribution in [0.3, 0.4) is 0 Å². The number of hydrogen-bond acceptors (Lipinski definition) is 6. The molecule has 1 aromatic carbocycles. The van der Waals surface area contributed by atoms with E-state index in [1.807, 2.05) is 6.26 Å². The number of aliphatic carboxylic acids is 1. The van der Waals surface area contributed by atoms with Crippen LogP contribution in [0, 0.1) is 11.8 Å². The van der Waals surface area contributed by atoms with Crippen LogP contribution in [0.15, 0.2) is 30.3 Å². The van der Waals surface area contributed by atoms with Gasteiger partial charge in [-0.2, -0.15) is 11.8 Å². The van der Waals surface area contributed by atoms with Crippen LogP contribution in [0.4, 0.5) is 4.79 Å². The first-order valence-corrected chi connectivity index (χ1v) is 13.7. The first-order valence-electron chi connectivity index (χ1n) is 12.3. The minimum absolute atomic E-state index is 0.213. The second-order valence-electron chi connectivity index (χ2n) is 10.1. The molecule has 0 aromatic heterocycles. The third-order valence-corrected chi connectivity index (χ3v) is 6.71. The SMILES string of the molecule is CSCCC(NC(=O)OC(C)(C)C)C(=O)NCC1CCC(C(=O)NC(C(=O)O)c2ccccc2)CC1. The van der Waals surface area contributed by atoms with E-state index in [4.69, 9.17) is 4.74 Å². The van der Waals surface area contributed by atoms with Crippen LogP contribution in [0.2, 0.25) is 0 Å². The maximum absolute atomic E-state index is 12.8. The largest absolute Gasteiger partial charge is 0.479 e. The van der Waals surface area contributed by atoms with E-state index in [1.54, 1.807) is 62.9 Å². The Morgan fingerprint density at radius 3 is 2.25 bits per heavy atom. The maximum Gasteiger partial charge on any atom is 0.408 e. The van der Waals surface area contributed by atoms with E-state index in [9.17, 15) is 24.3 Å². The molecule has 1 aliphatic carbocycles. The van der Waals surface area contributed by atoms with Crippen LogP contribution in [0.1, 0.15) is 64.5 Å². The van der Waals surface area contributed by atoms with Gasteiger partial charge in [-0.3, -0.25) is 9.59 Å². The van der Waals surface area contributed by atoms with E-state index in [0.29, 0.717) is 37.1 Å². The maximum atomic E-state index is 12.8. The predicted octanol–water partition coefficient (Wildman–Crippen LogP) is 3.50. The van der Waals surface area contributed by atoms with Crippen molar-refractivity contribution in [2.75, 3.05) is 18.6 Å². The molecule has 2 rings (SSSR count). The highest BCUT2D eigenvalue weighted by molar-refractivity contribution is 7.98. The summed E-state index contributed by atoms with van der Waals surface area (Å²) in [6.07, 6.45) is 4.55. The fourth-order valence-electron chi connectivity index (χ4n) is 4.14. The fourth-order valence-corrected chi connectivity index (χ4v) is 4.62. The molecule has 3 amide bonds. The van der Waals surface area contributed by atoms with Gasteiger partial charge in [-0.25, -0.2) is 9.59 Å². The van der Waals surface area contributed by atoms with E-state index < -0.39 is 29.7 Å². The van der Waals surface area contributed by atoms with E-state index in [1.165, 1.54) is 0 Å². The molecule has 4 N–H and O–H groups in total. The number of alkyl carbamates (subject to hydrolysis) is 1. The number of carboxylic acid groups (broad SMARTS) is 1. The van der Waals surface area contributed by atoms with Crippen LogP contribution < -0.4 is 16.0 Å². The van der Waals surface area contributed by atoms with Crippen molar-refractivity contribution >= 4 is 35.6 Å². The molecule has 36 heavy (non-hydrogen) atoms. The van der Waals surface area contributed by atoms with Crippen molar-refractivity contribution in [2.24, 2.45) is 11.8 Å². The van der Waals surface area contributed by atoms with Gasteiger partial charge in [0.1, 0.15) is 11.6 Å². The Balaban J connectivity index is 1.82. The minimum atomic E-state index is -1.10. The number of rotatable bonds is 11. The van der Waals surface area contributed by atoms with Gasteiger partial charge in [0.05, 0.1) is 0 Å². The van der Waals surface area contributed by atoms with Crippen LogP contribution in [0.5, 0.6) is 0 Å². The Hall–Kier alpha value is -2.75. The second kappa shape index (κ2) is 14.1. The number of carbonyl (C=O) groups is 4. The van der Waals surface area contributed by atoms with Gasteiger partial charge in [0, 0.05) is 12.5 Å². The van der Waals surface area contributed by atoms with Crippen LogP contribution >= 0.6 is 11.8 Å². The number of nitrogens with one attached hydrogen (secondary N) is 3.